The Balaban J connectivity index is 0.909. The van der Waals surface area contributed by atoms with Gasteiger partial charge in [0, 0.05) is 6.92 Å². The number of aliphatic hydroxyl groups is 16. The number of carbonyl (C=O) groups excluding carboxylic acids is 1. The fourth-order valence-electron chi connectivity index (χ4n) is 17.5. The number of rotatable bonds is 19. The first-order valence-electron chi connectivity index (χ1n) is 31.7. The van der Waals surface area contributed by atoms with E-state index >= 15 is 0 Å². The summed E-state index contributed by atoms with van der Waals surface area (Å²) in [5, 5.41) is 175. The van der Waals surface area contributed by atoms with Gasteiger partial charge < -0.3 is 134 Å². The highest BCUT2D eigenvalue weighted by molar-refractivity contribution is 5.65. The minimum atomic E-state index is -1.86. The molecule has 0 aromatic carbocycles. The largest absolute Gasteiger partial charge is 0.463 e. The maximum Gasteiger partial charge on any atom is 0.302 e. The molecule has 514 valence electrons. The lowest BCUT2D eigenvalue weighted by Crippen LogP contribution is -2.68. The van der Waals surface area contributed by atoms with Gasteiger partial charge in [-0.2, -0.15) is 0 Å². The van der Waals surface area contributed by atoms with Crippen LogP contribution < -0.4 is 0 Å². The summed E-state index contributed by atoms with van der Waals surface area (Å²) < 4.78 is 65.9. The number of allylic oxidation sites excluding steroid dienone is 2. The second kappa shape index (κ2) is 27.7. The van der Waals surface area contributed by atoms with Crippen molar-refractivity contribution in [1.82, 2.24) is 0 Å². The Bertz CT molecular complexity index is 2390. The minimum Gasteiger partial charge on any atom is -0.463 e. The van der Waals surface area contributed by atoms with Gasteiger partial charge in [-0.3, -0.25) is 4.79 Å². The van der Waals surface area contributed by atoms with Crippen molar-refractivity contribution >= 4 is 5.97 Å². The van der Waals surface area contributed by atoms with Crippen LogP contribution in [-0.4, -0.2) is 286 Å². The van der Waals surface area contributed by atoms with Crippen LogP contribution in [0.15, 0.2) is 11.6 Å². The van der Waals surface area contributed by atoms with Crippen LogP contribution in [0.1, 0.15) is 120 Å². The second-order valence-electron chi connectivity index (χ2n) is 28.8. The molecule has 5 saturated heterocycles. The van der Waals surface area contributed by atoms with Crippen molar-refractivity contribution in [2.45, 2.75) is 285 Å². The smallest absolute Gasteiger partial charge is 0.302 e. The molecule has 0 aromatic heterocycles. The first kappa shape index (κ1) is 71.5. The standard InChI is InChI=1S/C61H102O28/c1-25(2)11-10-15-61(9,89-55-50(78)45(73)41(69)33(85-55)24-82-53-48(76)44(72)40(68)32(84-53)23-81-52-47(75)38(66)29(65)21-80-52)27-12-17-60(8)37(27)28(64)19-35-58(6)16-14-36(57(4,5)34(58)13-18-59(35,60)7)87-56-51(46(74)42(70)31(86-56)22-79-26(3)63)88-54-49(77)43(71)39(67)30(20-62)83-54/h11,27-56,62,64-78H,10,12-24H2,1-9H3/t27-,28+,29+,30+,31+,32+,33+,34+,35+,36-,37-,38-,39+,40+,41+,42+,43-,44-,45-,46-,47+,48+,49+,50+,51+,52+,53-,54+,55+,56+,58-,59+,60+,61-/m0/s1. The molecule has 4 saturated carbocycles. The number of hydrogen-bond donors (Lipinski definition) is 16. The molecule has 28 nitrogen and oxygen atoms in total. The van der Waals surface area contributed by atoms with Gasteiger partial charge in [0.1, 0.15) is 123 Å². The van der Waals surface area contributed by atoms with Gasteiger partial charge in [0.15, 0.2) is 31.5 Å². The van der Waals surface area contributed by atoms with E-state index < -0.39 is 208 Å². The molecule has 0 radical (unpaired) electrons. The lowest BCUT2D eigenvalue weighted by Gasteiger charge is -2.71. The third-order valence-electron chi connectivity index (χ3n) is 22.9. The number of fused-ring (bicyclic) bond motifs is 5. The van der Waals surface area contributed by atoms with E-state index in [2.05, 4.69) is 40.7 Å². The van der Waals surface area contributed by atoms with Crippen LogP contribution in [0.4, 0.5) is 0 Å². The first-order valence-corrected chi connectivity index (χ1v) is 31.7. The van der Waals surface area contributed by atoms with E-state index in [9.17, 15) is 86.5 Å². The molecule has 0 spiro atoms. The Kier molecular flexibility index (Phi) is 22.3. The van der Waals surface area contributed by atoms with Crippen molar-refractivity contribution in [1.29, 1.82) is 0 Å². The van der Waals surface area contributed by atoms with E-state index in [0.717, 1.165) is 18.4 Å². The van der Waals surface area contributed by atoms with Crippen molar-refractivity contribution < 1.29 is 139 Å². The van der Waals surface area contributed by atoms with E-state index in [-0.39, 0.29) is 41.1 Å². The van der Waals surface area contributed by atoms with E-state index in [1.165, 1.54) is 6.92 Å². The maximum absolute atomic E-state index is 13.0. The summed E-state index contributed by atoms with van der Waals surface area (Å²) in [6.45, 7) is 15.5. The zero-order valence-corrected chi connectivity index (χ0v) is 52.4. The fraction of sp³-hybridized carbons (Fsp3) is 0.951. The average molecular weight is 1280 g/mol. The molecular weight excluding hydrogens is 1180 g/mol. The summed E-state index contributed by atoms with van der Waals surface area (Å²) in [4.78, 5) is 11.9. The van der Waals surface area contributed by atoms with E-state index in [0.29, 0.717) is 44.9 Å². The predicted octanol–water partition coefficient (Wildman–Crippen LogP) is -3.17. The summed E-state index contributed by atoms with van der Waals surface area (Å²) in [7, 11) is 0. The molecule has 5 heterocycles. The zero-order chi connectivity index (χ0) is 65.4. The average Bonchev–Trinajstić information content (AvgIpc) is 1.67. The lowest BCUT2D eigenvalue weighted by molar-refractivity contribution is -0.378. The van der Waals surface area contributed by atoms with Crippen molar-refractivity contribution in [3.8, 4) is 0 Å². The van der Waals surface area contributed by atoms with Gasteiger partial charge in [0.05, 0.1) is 44.2 Å². The van der Waals surface area contributed by atoms with Crippen LogP contribution in [0.3, 0.4) is 0 Å². The molecule has 16 N–H and O–H groups in total. The number of carbonyl (C=O) groups is 1. The number of ether oxygens (including phenoxy) is 11. The van der Waals surface area contributed by atoms with E-state index in [1.807, 2.05) is 20.8 Å². The Morgan fingerprint density at radius 1 is 0.539 bits per heavy atom. The Morgan fingerprint density at radius 3 is 1.69 bits per heavy atom. The van der Waals surface area contributed by atoms with Gasteiger partial charge >= 0.3 is 5.97 Å². The number of hydrogen-bond acceptors (Lipinski definition) is 28. The first-order chi connectivity index (χ1) is 41.6. The molecule has 4 aliphatic carbocycles. The quantitative estimate of drug-likeness (QED) is 0.0345. The summed E-state index contributed by atoms with van der Waals surface area (Å²) in [6, 6.07) is 0. The molecule has 0 unspecified atom stereocenters. The van der Waals surface area contributed by atoms with Crippen molar-refractivity contribution in [3.63, 3.8) is 0 Å². The molecule has 0 aromatic rings. The Morgan fingerprint density at radius 2 is 1.07 bits per heavy atom. The minimum absolute atomic E-state index is 0.0114. The molecule has 9 rings (SSSR count). The van der Waals surface area contributed by atoms with Crippen LogP contribution in [0, 0.1) is 45.3 Å². The van der Waals surface area contributed by atoms with Crippen molar-refractivity contribution in [2.24, 2.45) is 45.3 Å². The monoisotopic (exact) mass is 1280 g/mol. The highest BCUT2D eigenvalue weighted by atomic mass is 16.8. The van der Waals surface area contributed by atoms with Crippen LogP contribution in [0.25, 0.3) is 0 Å². The Labute approximate surface area is 518 Å². The highest BCUT2D eigenvalue weighted by Gasteiger charge is 2.72. The van der Waals surface area contributed by atoms with E-state index in [1.54, 1.807) is 0 Å². The molecule has 9 fully saturated rings. The van der Waals surface area contributed by atoms with Crippen LogP contribution in [0.2, 0.25) is 0 Å². The van der Waals surface area contributed by atoms with Gasteiger partial charge in [-0.1, -0.05) is 46.3 Å². The fourth-order valence-corrected chi connectivity index (χ4v) is 17.5. The highest BCUT2D eigenvalue weighted by Crippen LogP contribution is 2.76. The van der Waals surface area contributed by atoms with Crippen LogP contribution >= 0.6 is 0 Å². The molecular formula is C61H102O28. The normalized spacial score (nSPS) is 51.5. The summed E-state index contributed by atoms with van der Waals surface area (Å²) in [5.41, 5.74) is -1.90. The van der Waals surface area contributed by atoms with Gasteiger partial charge in [-0.05, 0) is 124 Å². The molecule has 5 aliphatic heterocycles. The number of aliphatic hydroxyl groups excluding tert-OH is 16. The van der Waals surface area contributed by atoms with E-state index in [4.69, 9.17) is 52.1 Å². The molecule has 0 bridgehead atoms. The summed E-state index contributed by atoms with van der Waals surface area (Å²) >= 11 is 0. The second-order valence-corrected chi connectivity index (χ2v) is 28.8. The van der Waals surface area contributed by atoms with Crippen LogP contribution in [0.5, 0.6) is 0 Å². The van der Waals surface area contributed by atoms with Gasteiger partial charge in [-0.15, -0.1) is 0 Å². The molecule has 0 amide bonds. The topological polar surface area (TPSA) is 442 Å². The van der Waals surface area contributed by atoms with Crippen molar-refractivity contribution in [3.05, 3.63) is 11.6 Å². The Hall–Kier alpha value is -1.83. The van der Waals surface area contributed by atoms with Gasteiger partial charge in [-0.25, -0.2) is 0 Å². The molecule has 34 atom stereocenters. The summed E-state index contributed by atoms with van der Waals surface area (Å²) in [5.74, 6) is -1.35. The van der Waals surface area contributed by atoms with Gasteiger partial charge in [0.2, 0.25) is 0 Å². The predicted molar refractivity (Wildman–Crippen MR) is 302 cm³/mol. The van der Waals surface area contributed by atoms with Gasteiger partial charge in [0.25, 0.3) is 0 Å². The maximum atomic E-state index is 13.0. The molecule has 9 aliphatic rings. The summed E-state index contributed by atoms with van der Waals surface area (Å²) in [6.07, 6.45) is -33.2. The number of esters is 1. The SMILES string of the molecule is CC(=O)OC[C@H]1O[C@H](O[C@H]2CC[C@@]3(C)[C@H](CC[C@]4(C)[C@@H]3C[C@@H](O)[C@@H]3[C@@H]([C@](C)(CCC=C(C)C)O[C@H]5O[C@H](CO[C@H]6O[C@H](CO[C@H]7OC[C@@H](O)[C@H](O)[C@H]7O)[C@@H](O)[C@H](O)[C@H]6O)[C@@H](O)[C@H](O)[C@H]5O)CC[C@]34C)C2(C)C)[C@H](O[C@H]2O[C@H](CO)[C@@H](O)[C@H](O)[C@H]2O)[C@@H](O)[C@@H]1O. The zero-order valence-electron chi connectivity index (χ0n) is 52.4. The molecule has 28 heteroatoms. The van der Waals surface area contributed by atoms with Crippen LogP contribution in [-0.2, 0) is 56.9 Å². The lowest BCUT2D eigenvalue weighted by atomic mass is 9.35. The molecule has 89 heavy (non-hydrogen) atoms. The van der Waals surface area contributed by atoms with Crippen molar-refractivity contribution in [2.75, 3.05) is 33.0 Å². The third kappa shape index (κ3) is 13.4. The third-order valence-corrected chi connectivity index (χ3v) is 22.9.